The first-order chi connectivity index (χ1) is 27.7. The Morgan fingerprint density at radius 3 is 1.86 bits per heavy atom. The average Bonchev–Trinajstić information content (AvgIpc) is 3.93. The molecular weight excluding hydrogens is 701 g/mol. The number of anilines is 3. The Balaban J connectivity index is 0.960. The molecule has 262 valence electrons. The Morgan fingerprint density at radius 2 is 1.00 bits per heavy atom. The second-order valence-corrected chi connectivity index (χ2v) is 15.6. The largest absolute Gasteiger partial charge is 0.456 e. The zero-order valence-corrected chi connectivity index (χ0v) is 31.0. The number of rotatable bonds is 5. The summed E-state index contributed by atoms with van der Waals surface area (Å²) in [5.74, 6) is 0. The first kappa shape index (κ1) is 31.2. The van der Waals surface area contributed by atoms with Gasteiger partial charge in [0, 0.05) is 75.9 Å². The van der Waals surface area contributed by atoms with E-state index in [1.54, 1.807) is 0 Å². The maximum Gasteiger partial charge on any atom is 0.137 e. The van der Waals surface area contributed by atoms with E-state index in [9.17, 15) is 0 Å². The second-order valence-electron chi connectivity index (χ2n) is 14.5. The van der Waals surface area contributed by atoms with Gasteiger partial charge in [-0.2, -0.15) is 0 Å². The highest BCUT2D eigenvalue weighted by Gasteiger charge is 2.18. The van der Waals surface area contributed by atoms with Crippen LogP contribution in [0.5, 0.6) is 0 Å². The van der Waals surface area contributed by atoms with Crippen molar-refractivity contribution in [1.82, 2.24) is 4.57 Å². The molecule has 0 atom stereocenters. The Hall–Kier alpha value is -7.14. The van der Waals surface area contributed by atoms with Gasteiger partial charge in [0.1, 0.15) is 11.2 Å². The molecule has 3 heterocycles. The van der Waals surface area contributed by atoms with Gasteiger partial charge < -0.3 is 13.9 Å². The van der Waals surface area contributed by atoms with Crippen LogP contribution in [0.3, 0.4) is 0 Å². The van der Waals surface area contributed by atoms with E-state index in [0.29, 0.717) is 0 Å². The molecule has 0 bridgehead atoms. The predicted octanol–water partition coefficient (Wildman–Crippen LogP) is 15.3. The van der Waals surface area contributed by atoms with Crippen LogP contribution >= 0.6 is 11.3 Å². The molecule has 4 heteroatoms. The summed E-state index contributed by atoms with van der Waals surface area (Å²) in [6, 6.07) is 70.3. The molecule has 0 aliphatic carbocycles. The summed E-state index contributed by atoms with van der Waals surface area (Å²) in [6.07, 6.45) is 0. The van der Waals surface area contributed by atoms with Crippen molar-refractivity contribution in [3.63, 3.8) is 0 Å². The number of benzene rings is 9. The number of fused-ring (bicyclic) bond motifs is 11. The fourth-order valence-electron chi connectivity index (χ4n) is 8.76. The van der Waals surface area contributed by atoms with Crippen LogP contribution in [0.2, 0.25) is 0 Å². The molecular formula is C52H32N2OS. The molecule has 0 aliphatic heterocycles. The maximum atomic E-state index is 6.39. The van der Waals surface area contributed by atoms with Crippen molar-refractivity contribution < 1.29 is 4.42 Å². The summed E-state index contributed by atoms with van der Waals surface area (Å²) in [4.78, 5) is 2.35. The number of thiophene rings is 1. The molecule has 0 amide bonds. The van der Waals surface area contributed by atoms with Crippen LogP contribution < -0.4 is 4.90 Å². The van der Waals surface area contributed by atoms with Crippen LogP contribution in [0.25, 0.3) is 91.5 Å². The van der Waals surface area contributed by atoms with E-state index >= 15 is 0 Å². The molecule has 0 radical (unpaired) electrons. The third-order valence-electron chi connectivity index (χ3n) is 11.4. The Labute approximate surface area is 326 Å². The van der Waals surface area contributed by atoms with Gasteiger partial charge in [0.05, 0.1) is 11.0 Å². The highest BCUT2D eigenvalue weighted by atomic mass is 32.1. The first-order valence-electron chi connectivity index (χ1n) is 19.0. The van der Waals surface area contributed by atoms with Gasteiger partial charge in [-0.25, -0.2) is 0 Å². The molecule has 12 aromatic rings. The van der Waals surface area contributed by atoms with Gasteiger partial charge in [0.15, 0.2) is 0 Å². The van der Waals surface area contributed by atoms with Gasteiger partial charge in [-0.15, -0.1) is 11.3 Å². The van der Waals surface area contributed by atoms with E-state index in [1.807, 2.05) is 23.5 Å². The lowest BCUT2D eigenvalue weighted by Crippen LogP contribution is -2.09. The number of hydrogen-bond acceptors (Lipinski definition) is 3. The third-order valence-corrected chi connectivity index (χ3v) is 12.5. The minimum atomic E-state index is 0.878. The predicted molar refractivity (Wildman–Crippen MR) is 239 cm³/mol. The molecule has 0 fully saturated rings. The number of hydrogen-bond donors (Lipinski definition) is 0. The highest BCUT2D eigenvalue weighted by molar-refractivity contribution is 7.25. The van der Waals surface area contributed by atoms with Crippen LogP contribution in [0, 0.1) is 0 Å². The molecule has 56 heavy (non-hydrogen) atoms. The number of aromatic nitrogens is 1. The van der Waals surface area contributed by atoms with E-state index < -0.39 is 0 Å². The van der Waals surface area contributed by atoms with Gasteiger partial charge in [-0.3, -0.25) is 0 Å². The maximum absolute atomic E-state index is 6.39. The normalized spacial score (nSPS) is 11.9. The fraction of sp³-hybridized carbons (Fsp3) is 0. The SMILES string of the molecule is c1ccc2c(c1)ccc1c3ccccc3n(-c3ccc(-c4ccc(N(c5ccc6c(c5)oc5ccccc56)c5ccc6sc7ccccc7c6c5)cc4)cc3)c21. The van der Waals surface area contributed by atoms with E-state index in [1.165, 1.54) is 63.9 Å². The van der Waals surface area contributed by atoms with E-state index in [0.717, 1.165) is 44.7 Å². The van der Waals surface area contributed by atoms with Gasteiger partial charge in [-0.1, -0.05) is 115 Å². The van der Waals surface area contributed by atoms with Crippen LogP contribution in [-0.2, 0) is 0 Å². The molecule has 0 N–H and O–H groups in total. The van der Waals surface area contributed by atoms with E-state index in [-0.39, 0.29) is 0 Å². The highest BCUT2D eigenvalue weighted by Crippen LogP contribution is 2.43. The summed E-state index contributed by atoms with van der Waals surface area (Å²) in [5, 5.41) is 9.86. The minimum Gasteiger partial charge on any atom is -0.456 e. The van der Waals surface area contributed by atoms with Crippen LogP contribution in [-0.4, -0.2) is 4.57 Å². The van der Waals surface area contributed by atoms with Crippen molar-refractivity contribution in [1.29, 1.82) is 0 Å². The lowest BCUT2D eigenvalue weighted by Gasteiger charge is -2.26. The summed E-state index contributed by atoms with van der Waals surface area (Å²) >= 11 is 1.84. The molecule has 0 saturated carbocycles. The number of furan rings is 1. The van der Waals surface area contributed by atoms with Crippen molar-refractivity contribution >= 4 is 103 Å². The first-order valence-corrected chi connectivity index (χ1v) is 19.8. The van der Waals surface area contributed by atoms with Gasteiger partial charge in [0.25, 0.3) is 0 Å². The van der Waals surface area contributed by atoms with Crippen molar-refractivity contribution in [3.8, 4) is 16.8 Å². The Kier molecular flexibility index (Phi) is 6.80. The quantitative estimate of drug-likeness (QED) is 0.176. The topological polar surface area (TPSA) is 21.3 Å². The second kappa shape index (κ2) is 12.2. The molecule has 3 aromatic heterocycles. The molecule has 0 saturated heterocycles. The lowest BCUT2D eigenvalue weighted by molar-refractivity contribution is 0.669. The standard InChI is InChI=1S/C52H32N2OS/c1-2-10-40-35(9-1)21-28-45-41-11-3-6-14-47(41)54(52(40)45)37-24-19-34(20-25-37)33-17-22-36(23-18-33)53(38-27-30-51-46(31-38)44-13-5-8-16-50(44)56-51)39-26-29-43-42-12-4-7-15-48(42)55-49(43)32-39/h1-32H. The molecule has 12 rings (SSSR count). The minimum absolute atomic E-state index is 0.878. The Morgan fingerprint density at radius 1 is 0.393 bits per heavy atom. The summed E-state index contributed by atoms with van der Waals surface area (Å²) in [7, 11) is 0. The fourth-order valence-corrected chi connectivity index (χ4v) is 9.84. The smallest absolute Gasteiger partial charge is 0.137 e. The molecule has 0 aliphatic rings. The monoisotopic (exact) mass is 732 g/mol. The Bertz CT molecular complexity index is 3480. The molecule has 3 nitrogen and oxygen atoms in total. The lowest BCUT2D eigenvalue weighted by atomic mass is 10.0. The van der Waals surface area contributed by atoms with Crippen molar-refractivity contribution in [2.75, 3.05) is 4.90 Å². The van der Waals surface area contributed by atoms with Crippen molar-refractivity contribution in [2.24, 2.45) is 0 Å². The van der Waals surface area contributed by atoms with Crippen molar-refractivity contribution in [3.05, 3.63) is 194 Å². The van der Waals surface area contributed by atoms with Crippen LogP contribution in [0.4, 0.5) is 17.1 Å². The summed E-state index contributed by atoms with van der Waals surface area (Å²) in [5.41, 5.74) is 11.0. The summed E-state index contributed by atoms with van der Waals surface area (Å²) in [6.45, 7) is 0. The third kappa shape index (κ3) is 4.76. The number of nitrogens with zero attached hydrogens (tertiary/aromatic N) is 2. The average molecular weight is 733 g/mol. The summed E-state index contributed by atoms with van der Waals surface area (Å²) < 4.78 is 11.4. The van der Waals surface area contributed by atoms with Gasteiger partial charge in [-0.05, 0) is 89.3 Å². The molecule has 9 aromatic carbocycles. The van der Waals surface area contributed by atoms with Gasteiger partial charge >= 0.3 is 0 Å². The zero-order chi connectivity index (χ0) is 36.7. The van der Waals surface area contributed by atoms with Crippen LogP contribution in [0.15, 0.2) is 199 Å². The van der Waals surface area contributed by atoms with Crippen LogP contribution in [0.1, 0.15) is 0 Å². The zero-order valence-electron chi connectivity index (χ0n) is 30.2. The van der Waals surface area contributed by atoms with E-state index in [4.69, 9.17) is 4.42 Å². The number of para-hydroxylation sites is 2. The van der Waals surface area contributed by atoms with E-state index in [2.05, 4.69) is 191 Å². The molecule has 0 unspecified atom stereocenters. The molecule has 0 spiro atoms. The van der Waals surface area contributed by atoms with Gasteiger partial charge in [0.2, 0.25) is 0 Å². The van der Waals surface area contributed by atoms with Crippen molar-refractivity contribution in [2.45, 2.75) is 0 Å².